The van der Waals surface area contributed by atoms with Crippen LogP contribution in [-0.4, -0.2) is 35.4 Å². The third-order valence-corrected chi connectivity index (χ3v) is 6.38. The van der Waals surface area contributed by atoms with Crippen LogP contribution in [0.3, 0.4) is 0 Å². The zero-order chi connectivity index (χ0) is 21.6. The molecule has 0 atom stereocenters. The van der Waals surface area contributed by atoms with Crippen LogP contribution in [0.5, 0.6) is 5.75 Å². The second-order valence-electron chi connectivity index (χ2n) is 7.52. The van der Waals surface area contributed by atoms with E-state index in [4.69, 9.17) is 9.73 Å². The van der Waals surface area contributed by atoms with Crippen molar-refractivity contribution < 1.29 is 9.53 Å². The summed E-state index contributed by atoms with van der Waals surface area (Å²) in [5.41, 5.74) is 3.83. The van der Waals surface area contributed by atoms with Gasteiger partial charge in [0, 0.05) is 12.3 Å². The zero-order valence-corrected chi connectivity index (χ0v) is 18.6. The Balaban J connectivity index is 1.74. The lowest BCUT2D eigenvalue weighted by molar-refractivity contribution is -0.128. The van der Waals surface area contributed by atoms with Gasteiger partial charge in [-0.2, -0.15) is 0 Å². The number of carbonyl (C=O) groups excluding carboxylic acids is 1. The average molecular weight is 431 g/mol. The fraction of sp³-hybridized carbons (Fsp3) is 0.231. The summed E-state index contributed by atoms with van der Waals surface area (Å²) < 4.78 is 5.50. The van der Waals surface area contributed by atoms with Gasteiger partial charge in [0.1, 0.15) is 11.4 Å². The molecule has 4 nitrogen and oxygen atoms in total. The van der Waals surface area contributed by atoms with Crippen LogP contribution in [0, 0.1) is 6.92 Å². The van der Waals surface area contributed by atoms with Gasteiger partial charge in [0.05, 0.1) is 13.0 Å². The molecule has 1 amide bonds. The Bertz CT molecular complexity index is 1030. The molecule has 0 unspecified atom stereocenters. The van der Waals surface area contributed by atoms with Gasteiger partial charge in [-0.3, -0.25) is 9.69 Å². The van der Waals surface area contributed by atoms with E-state index in [0.29, 0.717) is 12.3 Å². The van der Waals surface area contributed by atoms with E-state index in [1.54, 1.807) is 18.9 Å². The molecule has 1 saturated heterocycles. The second kappa shape index (κ2) is 9.84. The number of thioether (sulfide) groups is 1. The van der Waals surface area contributed by atoms with Crippen molar-refractivity contribution in [3.63, 3.8) is 0 Å². The van der Waals surface area contributed by atoms with Gasteiger partial charge in [0.15, 0.2) is 5.17 Å². The van der Waals surface area contributed by atoms with Crippen LogP contribution in [0.2, 0.25) is 0 Å². The van der Waals surface area contributed by atoms with Crippen molar-refractivity contribution in [2.24, 2.45) is 4.99 Å². The molecule has 4 rings (SSSR count). The number of hydrogen-bond donors (Lipinski definition) is 0. The summed E-state index contributed by atoms with van der Waals surface area (Å²) in [6.07, 6.45) is 0.941. The van der Waals surface area contributed by atoms with Gasteiger partial charge in [-0.25, -0.2) is 4.99 Å². The first-order valence-corrected chi connectivity index (χ1v) is 11.4. The molecule has 1 aliphatic rings. The number of rotatable bonds is 5. The number of methoxy groups -OCH3 is 1. The first-order valence-electron chi connectivity index (χ1n) is 10.4. The smallest absolute Gasteiger partial charge is 0.240 e. The summed E-state index contributed by atoms with van der Waals surface area (Å²) in [6.45, 7) is 2.69. The van der Waals surface area contributed by atoms with E-state index in [9.17, 15) is 4.79 Å². The third kappa shape index (κ3) is 4.83. The van der Waals surface area contributed by atoms with Crippen molar-refractivity contribution >= 4 is 28.5 Å². The lowest BCUT2D eigenvalue weighted by atomic mass is 9.90. The summed E-state index contributed by atoms with van der Waals surface area (Å²) in [6, 6.07) is 25.9. The Morgan fingerprint density at radius 2 is 1.65 bits per heavy atom. The topological polar surface area (TPSA) is 41.9 Å². The van der Waals surface area contributed by atoms with Crippen LogP contribution >= 0.6 is 11.8 Å². The molecular formula is C26H26N2O2S. The van der Waals surface area contributed by atoms with E-state index in [2.05, 4.69) is 0 Å². The maximum absolute atomic E-state index is 13.9. The molecule has 3 aromatic carbocycles. The molecule has 0 N–H and O–H groups in total. The summed E-state index contributed by atoms with van der Waals surface area (Å²) in [5.74, 6) is 1.33. The van der Waals surface area contributed by atoms with Crippen molar-refractivity contribution in [2.75, 3.05) is 19.4 Å². The minimum atomic E-state index is -0.370. The molecule has 3 aromatic rings. The number of hydrogen-bond acceptors (Lipinski definition) is 4. The van der Waals surface area contributed by atoms with Crippen molar-refractivity contribution in [1.29, 1.82) is 0 Å². The van der Waals surface area contributed by atoms with Gasteiger partial charge < -0.3 is 4.74 Å². The van der Waals surface area contributed by atoms with Crippen molar-refractivity contribution in [3.05, 3.63) is 95.6 Å². The highest BCUT2D eigenvalue weighted by atomic mass is 32.2. The number of amidine groups is 1. The molecule has 31 heavy (non-hydrogen) atoms. The van der Waals surface area contributed by atoms with Gasteiger partial charge in [-0.1, -0.05) is 78.5 Å². The fourth-order valence-corrected chi connectivity index (χ4v) is 4.73. The number of carbonyl (C=O) groups is 1. The van der Waals surface area contributed by atoms with Crippen LogP contribution in [-0.2, 0) is 4.79 Å². The van der Waals surface area contributed by atoms with Crippen molar-refractivity contribution in [1.82, 2.24) is 4.90 Å². The van der Waals surface area contributed by atoms with E-state index in [0.717, 1.165) is 39.7 Å². The fourth-order valence-electron chi connectivity index (χ4n) is 3.77. The molecule has 0 spiro atoms. The number of aliphatic imine (C=N–C) groups is 1. The van der Waals surface area contributed by atoms with Crippen LogP contribution in [0.15, 0.2) is 83.9 Å². The third-order valence-electron chi connectivity index (χ3n) is 5.32. The lowest BCUT2D eigenvalue weighted by Gasteiger charge is -2.31. The standard InChI is InChI=1S/C26H26N2O2S/c1-19-14-15-23(30-2)22(18-19)27-26-28(16-9-17-31-26)25(29)24(20-10-5-3-6-11-20)21-12-7-4-8-13-21/h3-8,10-15,18,24H,9,16-17H2,1-2H3. The van der Waals surface area contributed by atoms with Gasteiger partial charge >= 0.3 is 0 Å². The molecule has 0 bridgehead atoms. The zero-order valence-electron chi connectivity index (χ0n) is 17.8. The van der Waals surface area contributed by atoms with Gasteiger partial charge in [0.2, 0.25) is 5.91 Å². The molecule has 1 aliphatic heterocycles. The van der Waals surface area contributed by atoms with Gasteiger partial charge in [0.25, 0.3) is 0 Å². The highest BCUT2D eigenvalue weighted by molar-refractivity contribution is 8.13. The first-order chi connectivity index (χ1) is 15.2. The number of amides is 1. The maximum Gasteiger partial charge on any atom is 0.240 e. The molecule has 0 saturated carbocycles. The molecule has 0 aromatic heterocycles. The van der Waals surface area contributed by atoms with E-state index in [1.807, 2.05) is 90.7 Å². The summed E-state index contributed by atoms with van der Waals surface area (Å²) >= 11 is 1.63. The van der Waals surface area contributed by atoms with E-state index in [1.165, 1.54) is 0 Å². The molecule has 1 heterocycles. The molecule has 0 radical (unpaired) electrons. The monoisotopic (exact) mass is 430 g/mol. The lowest BCUT2D eigenvalue weighted by Crippen LogP contribution is -2.42. The van der Waals surface area contributed by atoms with Crippen molar-refractivity contribution in [2.45, 2.75) is 19.3 Å². The number of ether oxygens (including phenoxy) is 1. The predicted octanol–water partition coefficient (Wildman–Crippen LogP) is 5.79. The molecular weight excluding hydrogens is 404 g/mol. The normalized spacial score (nSPS) is 15.3. The van der Waals surface area contributed by atoms with Crippen LogP contribution in [0.4, 0.5) is 5.69 Å². The Labute approximate surface area is 188 Å². The Morgan fingerprint density at radius 3 is 2.26 bits per heavy atom. The van der Waals surface area contributed by atoms with Crippen LogP contribution in [0.25, 0.3) is 0 Å². The Morgan fingerprint density at radius 1 is 1.00 bits per heavy atom. The van der Waals surface area contributed by atoms with Crippen molar-refractivity contribution in [3.8, 4) is 5.75 Å². The first kappa shape index (κ1) is 21.2. The van der Waals surface area contributed by atoms with E-state index >= 15 is 0 Å². The average Bonchev–Trinajstić information content (AvgIpc) is 2.81. The highest BCUT2D eigenvalue weighted by Crippen LogP contribution is 2.33. The van der Waals surface area contributed by atoms with Crippen LogP contribution < -0.4 is 4.74 Å². The second-order valence-corrected chi connectivity index (χ2v) is 8.58. The molecule has 0 aliphatic carbocycles. The van der Waals surface area contributed by atoms with Crippen LogP contribution in [0.1, 0.15) is 29.0 Å². The Hall–Kier alpha value is -3.05. The quantitative estimate of drug-likeness (QED) is 0.515. The minimum absolute atomic E-state index is 0.0509. The summed E-state index contributed by atoms with van der Waals surface area (Å²) in [5, 5.41) is 0.733. The number of aryl methyl sites for hydroxylation is 1. The predicted molar refractivity (Wildman–Crippen MR) is 128 cm³/mol. The van der Waals surface area contributed by atoms with Gasteiger partial charge in [-0.15, -0.1) is 0 Å². The summed E-state index contributed by atoms with van der Waals surface area (Å²) in [4.78, 5) is 20.7. The molecule has 158 valence electrons. The largest absolute Gasteiger partial charge is 0.494 e. The summed E-state index contributed by atoms with van der Waals surface area (Å²) in [7, 11) is 1.64. The minimum Gasteiger partial charge on any atom is -0.494 e. The Kier molecular flexibility index (Phi) is 6.73. The molecule has 1 fully saturated rings. The SMILES string of the molecule is COc1ccc(C)cc1N=C1SCCCN1C(=O)C(c1ccccc1)c1ccccc1. The van der Waals surface area contributed by atoms with E-state index < -0.39 is 0 Å². The maximum atomic E-state index is 13.9. The van der Waals surface area contributed by atoms with Gasteiger partial charge in [-0.05, 0) is 42.2 Å². The highest BCUT2D eigenvalue weighted by Gasteiger charge is 2.32. The molecule has 5 heteroatoms. The number of benzene rings is 3. The number of nitrogens with zero attached hydrogens (tertiary/aromatic N) is 2. The van der Waals surface area contributed by atoms with E-state index in [-0.39, 0.29) is 11.8 Å².